The first kappa shape index (κ1) is 9.68. The van der Waals surface area contributed by atoms with Crippen LogP contribution in [0.15, 0.2) is 12.4 Å². The third kappa shape index (κ3) is 1.81. The molecular formula is C10H18N4. The van der Waals surface area contributed by atoms with E-state index in [0.717, 1.165) is 19.5 Å². The van der Waals surface area contributed by atoms with E-state index in [0.29, 0.717) is 6.04 Å². The first-order valence-corrected chi connectivity index (χ1v) is 5.32. The van der Waals surface area contributed by atoms with Gasteiger partial charge >= 0.3 is 0 Å². The summed E-state index contributed by atoms with van der Waals surface area (Å²) in [6.45, 7) is 4.07. The molecule has 2 atom stereocenters. The zero-order valence-corrected chi connectivity index (χ0v) is 8.61. The molecule has 2 rings (SSSR count). The summed E-state index contributed by atoms with van der Waals surface area (Å²) in [5, 5.41) is 7.71. The number of rotatable bonds is 2. The van der Waals surface area contributed by atoms with Gasteiger partial charge in [-0.15, -0.1) is 0 Å². The third-order valence-corrected chi connectivity index (χ3v) is 2.84. The van der Waals surface area contributed by atoms with E-state index in [-0.39, 0.29) is 6.04 Å². The lowest BCUT2D eigenvalue weighted by Crippen LogP contribution is -2.42. The van der Waals surface area contributed by atoms with Gasteiger partial charge in [-0.25, -0.2) is 0 Å². The monoisotopic (exact) mass is 194 g/mol. The highest BCUT2D eigenvalue weighted by Gasteiger charge is 2.23. The van der Waals surface area contributed by atoms with E-state index in [9.17, 15) is 0 Å². The molecule has 78 valence electrons. The molecule has 0 bridgehead atoms. The van der Waals surface area contributed by atoms with Crippen LogP contribution in [0.4, 0.5) is 0 Å². The quantitative estimate of drug-likeness (QED) is 0.727. The van der Waals surface area contributed by atoms with Crippen LogP contribution in [0, 0.1) is 0 Å². The molecule has 2 unspecified atom stereocenters. The van der Waals surface area contributed by atoms with Crippen molar-refractivity contribution in [2.24, 2.45) is 5.73 Å². The maximum atomic E-state index is 6.06. The second kappa shape index (κ2) is 4.11. The number of piperidine rings is 1. The molecule has 1 saturated heterocycles. The minimum Gasteiger partial charge on any atom is -0.326 e. The Morgan fingerprint density at radius 2 is 2.57 bits per heavy atom. The molecule has 0 aromatic carbocycles. The molecule has 4 heteroatoms. The van der Waals surface area contributed by atoms with Crippen LogP contribution >= 0.6 is 0 Å². The van der Waals surface area contributed by atoms with Gasteiger partial charge in [0.25, 0.3) is 0 Å². The fraction of sp³-hybridized carbons (Fsp3) is 0.700. The van der Waals surface area contributed by atoms with Crippen molar-refractivity contribution >= 4 is 0 Å². The summed E-state index contributed by atoms with van der Waals surface area (Å²) in [5.74, 6) is 0. The smallest absolute Gasteiger partial charge is 0.0538 e. The van der Waals surface area contributed by atoms with E-state index >= 15 is 0 Å². The van der Waals surface area contributed by atoms with Crippen LogP contribution in [0.2, 0.25) is 0 Å². The van der Waals surface area contributed by atoms with Gasteiger partial charge in [0, 0.05) is 24.3 Å². The molecule has 0 aliphatic carbocycles. The number of aromatic nitrogens is 2. The Morgan fingerprint density at radius 1 is 1.71 bits per heavy atom. The Labute approximate surface area is 84.5 Å². The molecule has 0 radical (unpaired) electrons. The van der Waals surface area contributed by atoms with Crippen molar-refractivity contribution in [2.75, 3.05) is 6.54 Å². The summed E-state index contributed by atoms with van der Waals surface area (Å²) < 4.78 is 1.94. The Balaban J connectivity index is 2.12. The lowest BCUT2D eigenvalue weighted by Gasteiger charge is -2.29. The number of hydrogen-bond acceptors (Lipinski definition) is 3. The molecule has 1 aliphatic heterocycles. The molecular weight excluding hydrogens is 176 g/mol. The average Bonchev–Trinajstić information content (AvgIpc) is 2.67. The van der Waals surface area contributed by atoms with Crippen molar-refractivity contribution in [1.82, 2.24) is 15.1 Å². The fourth-order valence-electron chi connectivity index (χ4n) is 1.99. The molecule has 1 aromatic rings. The van der Waals surface area contributed by atoms with Gasteiger partial charge < -0.3 is 11.1 Å². The summed E-state index contributed by atoms with van der Waals surface area (Å²) in [4.78, 5) is 0. The maximum Gasteiger partial charge on any atom is 0.0538 e. The van der Waals surface area contributed by atoms with Crippen molar-refractivity contribution in [3.8, 4) is 0 Å². The number of hydrogen-bond donors (Lipinski definition) is 2. The minimum absolute atomic E-state index is 0.234. The molecule has 0 amide bonds. The highest BCUT2D eigenvalue weighted by molar-refractivity contribution is 5.14. The summed E-state index contributed by atoms with van der Waals surface area (Å²) >= 11 is 0. The molecule has 2 heterocycles. The van der Waals surface area contributed by atoms with E-state index in [1.54, 1.807) is 0 Å². The average molecular weight is 194 g/mol. The standard InChI is InChI=1S/C10H18N4/c1-2-14-7-8(6-13-14)10-9(11)4-3-5-12-10/h6-7,9-10,12H,2-5,11H2,1H3. The van der Waals surface area contributed by atoms with Gasteiger partial charge in [-0.3, -0.25) is 4.68 Å². The van der Waals surface area contributed by atoms with Gasteiger partial charge in [0.15, 0.2) is 0 Å². The van der Waals surface area contributed by atoms with E-state index in [2.05, 4.69) is 23.5 Å². The Bertz CT molecular complexity index is 294. The number of nitrogens with one attached hydrogen (secondary N) is 1. The molecule has 0 spiro atoms. The number of nitrogens with zero attached hydrogens (tertiary/aromatic N) is 2. The largest absolute Gasteiger partial charge is 0.326 e. The fourth-order valence-corrected chi connectivity index (χ4v) is 1.99. The predicted octanol–water partition coefficient (Wildman–Crippen LogP) is 0.655. The first-order chi connectivity index (χ1) is 6.81. The molecule has 4 nitrogen and oxygen atoms in total. The van der Waals surface area contributed by atoms with Crippen LogP contribution < -0.4 is 11.1 Å². The van der Waals surface area contributed by atoms with Crippen LogP contribution in [0.3, 0.4) is 0 Å². The highest BCUT2D eigenvalue weighted by Crippen LogP contribution is 2.21. The summed E-state index contributed by atoms with van der Waals surface area (Å²) in [6, 6.07) is 0.530. The minimum atomic E-state index is 0.234. The van der Waals surface area contributed by atoms with Crippen LogP contribution in [0.1, 0.15) is 31.4 Å². The lowest BCUT2D eigenvalue weighted by molar-refractivity contribution is 0.358. The summed E-state index contributed by atoms with van der Waals surface area (Å²) in [7, 11) is 0. The Kier molecular flexibility index (Phi) is 2.84. The van der Waals surface area contributed by atoms with Crippen molar-refractivity contribution < 1.29 is 0 Å². The lowest BCUT2D eigenvalue weighted by atomic mass is 9.95. The second-order valence-corrected chi connectivity index (χ2v) is 3.87. The third-order valence-electron chi connectivity index (χ3n) is 2.84. The molecule has 3 N–H and O–H groups in total. The van der Waals surface area contributed by atoms with Crippen molar-refractivity contribution in [3.05, 3.63) is 18.0 Å². The van der Waals surface area contributed by atoms with E-state index < -0.39 is 0 Å². The Hall–Kier alpha value is -0.870. The van der Waals surface area contributed by atoms with Gasteiger partial charge in [0.2, 0.25) is 0 Å². The summed E-state index contributed by atoms with van der Waals surface area (Å²) in [5.41, 5.74) is 7.28. The van der Waals surface area contributed by atoms with Gasteiger partial charge in [0.1, 0.15) is 0 Å². The van der Waals surface area contributed by atoms with Crippen molar-refractivity contribution in [1.29, 1.82) is 0 Å². The summed E-state index contributed by atoms with van der Waals surface area (Å²) in [6.07, 6.45) is 6.30. The van der Waals surface area contributed by atoms with Gasteiger partial charge in [-0.2, -0.15) is 5.10 Å². The van der Waals surface area contributed by atoms with Crippen LogP contribution in [-0.4, -0.2) is 22.4 Å². The predicted molar refractivity (Wildman–Crippen MR) is 55.9 cm³/mol. The SMILES string of the molecule is CCn1cc(C2NCCCC2N)cn1. The maximum absolute atomic E-state index is 6.06. The first-order valence-electron chi connectivity index (χ1n) is 5.32. The van der Waals surface area contributed by atoms with Crippen LogP contribution in [0.5, 0.6) is 0 Å². The second-order valence-electron chi connectivity index (χ2n) is 3.87. The van der Waals surface area contributed by atoms with Gasteiger partial charge in [-0.1, -0.05) is 0 Å². The topological polar surface area (TPSA) is 55.9 Å². The molecule has 1 aliphatic rings. The normalized spacial score (nSPS) is 27.9. The number of aryl methyl sites for hydroxylation is 1. The van der Waals surface area contributed by atoms with Crippen LogP contribution in [0.25, 0.3) is 0 Å². The molecule has 0 saturated carbocycles. The van der Waals surface area contributed by atoms with Crippen LogP contribution in [-0.2, 0) is 6.54 Å². The van der Waals surface area contributed by atoms with E-state index in [1.807, 2.05) is 10.9 Å². The van der Waals surface area contributed by atoms with E-state index in [4.69, 9.17) is 5.73 Å². The van der Waals surface area contributed by atoms with Crippen molar-refractivity contribution in [3.63, 3.8) is 0 Å². The molecule has 1 aromatic heterocycles. The molecule has 14 heavy (non-hydrogen) atoms. The van der Waals surface area contributed by atoms with Gasteiger partial charge in [-0.05, 0) is 26.3 Å². The number of nitrogens with two attached hydrogens (primary N) is 1. The van der Waals surface area contributed by atoms with Crippen molar-refractivity contribution in [2.45, 2.75) is 38.4 Å². The molecule has 1 fully saturated rings. The zero-order chi connectivity index (χ0) is 9.97. The zero-order valence-electron chi connectivity index (χ0n) is 8.61. The highest BCUT2D eigenvalue weighted by atomic mass is 15.3. The van der Waals surface area contributed by atoms with E-state index in [1.165, 1.54) is 12.0 Å². The Morgan fingerprint density at radius 3 is 3.21 bits per heavy atom. The van der Waals surface area contributed by atoms with Gasteiger partial charge in [0.05, 0.1) is 12.2 Å².